The Kier molecular flexibility index (Phi) is 3.85. The largest absolute Gasteiger partial charge is 0.398 e. The summed E-state index contributed by atoms with van der Waals surface area (Å²) in [4.78, 5) is 0.144. The highest BCUT2D eigenvalue weighted by molar-refractivity contribution is 7.89. The summed E-state index contributed by atoms with van der Waals surface area (Å²) in [6, 6.07) is 4.97. The van der Waals surface area contributed by atoms with Gasteiger partial charge in [-0.2, -0.15) is 0 Å². The standard InChI is InChI=1S/C13H20N2O3S/c1-10-3-4-12(11(14)9-10)19(16,17)15-13(2)5-7-18-8-6-13/h3-4,9,15H,5-8,14H2,1-2H3. The second kappa shape index (κ2) is 5.11. The number of hydrogen-bond donors (Lipinski definition) is 2. The van der Waals surface area contributed by atoms with Crippen molar-refractivity contribution in [2.45, 2.75) is 37.1 Å². The lowest BCUT2D eigenvalue weighted by Crippen LogP contribution is -2.49. The molecule has 106 valence electrons. The molecule has 0 spiro atoms. The average molecular weight is 284 g/mol. The van der Waals surface area contributed by atoms with Gasteiger partial charge in [0.25, 0.3) is 0 Å². The maximum Gasteiger partial charge on any atom is 0.243 e. The third-order valence-corrected chi connectivity index (χ3v) is 5.14. The number of nitrogen functional groups attached to an aromatic ring is 1. The Balaban J connectivity index is 2.27. The number of ether oxygens (including phenoxy) is 1. The van der Waals surface area contributed by atoms with Crippen LogP contribution >= 0.6 is 0 Å². The number of nitrogens with two attached hydrogens (primary N) is 1. The first-order valence-electron chi connectivity index (χ1n) is 6.30. The maximum absolute atomic E-state index is 12.4. The van der Waals surface area contributed by atoms with Crippen LogP contribution in [0.15, 0.2) is 23.1 Å². The third-order valence-electron chi connectivity index (χ3n) is 3.43. The molecule has 3 N–H and O–H groups in total. The van der Waals surface area contributed by atoms with Crippen LogP contribution in [-0.2, 0) is 14.8 Å². The summed E-state index contributed by atoms with van der Waals surface area (Å²) < 4.78 is 32.8. The molecule has 1 aliphatic rings. The van der Waals surface area contributed by atoms with Gasteiger partial charge < -0.3 is 10.5 Å². The van der Waals surface area contributed by atoms with Crippen LogP contribution in [-0.4, -0.2) is 27.2 Å². The van der Waals surface area contributed by atoms with E-state index in [0.29, 0.717) is 26.1 Å². The normalized spacial score (nSPS) is 19.3. The molecule has 0 amide bonds. The lowest BCUT2D eigenvalue weighted by atomic mass is 9.94. The van der Waals surface area contributed by atoms with Crippen molar-refractivity contribution in [3.63, 3.8) is 0 Å². The minimum Gasteiger partial charge on any atom is -0.398 e. The molecule has 2 rings (SSSR count). The SMILES string of the molecule is Cc1ccc(S(=O)(=O)NC2(C)CCOCC2)c(N)c1. The molecule has 0 saturated carbocycles. The summed E-state index contributed by atoms with van der Waals surface area (Å²) in [6.07, 6.45) is 1.33. The number of nitrogens with one attached hydrogen (secondary N) is 1. The number of rotatable bonds is 3. The highest BCUT2D eigenvalue weighted by atomic mass is 32.2. The quantitative estimate of drug-likeness (QED) is 0.823. The smallest absolute Gasteiger partial charge is 0.243 e. The minimum absolute atomic E-state index is 0.144. The van der Waals surface area contributed by atoms with Gasteiger partial charge in [0.15, 0.2) is 0 Å². The summed E-state index contributed by atoms with van der Waals surface area (Å²) in [7, 11) is -3.60. The van der Waals surface area contributed by atoms with Crippen LogP contribution in [0.1, 0.15) is 25.3 Å². The highest BCUT2D eigenvalue weighted by Crippen LogP contribution is 2.25. The van der Waals surface area contributed by atoms with Gasteiger partial charge in [-0.15, -0.1) is 0 Å². The molecule has 0 aliphatic carbocycles. The monoisotopic (exact) mass is 284 g/mol. The van der Waals surface area contributed by atoms with E-state index in [1.807, 2.05) is 13.8 Å². The Bertz CT molecular complexity index is 563. The van der Waals surface area contributed by atoms with Crippen molar-refractivity contribution in [3.05, 3.63) is 23.8 Å². The fourth-order valence-electron chi connectivity index (χ4n) is 2.22. The molecule has 1 heterocycles. The Morgan fingerprint density at radius 1 is 1.32 bits per heavy atom. The van der Waals surface area contributed by atoms with Gasteiger partial charge in [-0.1, -0.05) is 6.07 Å². The zero-order valence-corrected chi connectivity index (χ0v) is 12.1. The second-order valence-electron chi connectivity index (χ2n) is 5.32. The van der Waals surface area contributed by atoms with Crippen molar-refractivity contribution in [2.75, 3.05) is 18.9 Å². The van der Waals surface area contributed by atoms with Crippen LogP contribution in [0.25, 0.3) is 0 Å². The fraction of sp³-hybridized carbons (Fsp3) is 0.538. The summed E-state index contributed by atoms with van der Waals surface area (Å²) in [5.74, 6) is 0. The van der Waals surface area contributed by atoms with Crippen molar-refractivity contribution in [1.29, 1.82) is 0 Å². The first-order chi connectivity index (χ1) is 8.82. The molecule has 0 aromatic heterocycles. The lowest BCUT2D eigenvalue weighted by Gasteiger charge is -2.34. The Hall–Kier alpha value is -1.11. The molecule has 0 unspecified atom stereocenters. The van der Waals surface area contributed by atoms with Gasteiger partial charge in [0.05, 0.1) is 5.69 Å². The molecule has 1 aromatic rings. The molecular formula is C13H20N2O3S. The topological polar surface area (TPSA) is 81.4 Å². The van der Waals surface area contributed by atoms with Crippen molar-refractivity contribution in [3.8, 4) is 0 Å². The van der Waals surface area contributed by atoms with Crippen LogP contribution in [0.3, 0.4) is 0 Å². The van der Waals surface area contributed by atoms with Crippen LogP contribution in [0.2, 0.25) is 0 Å². The van der Waals surface area contributed by atoms with E-state index < -0.39 is 15.6 Å². The van der Waals surface area contributed by atoms with Crippen molar-refractivity contribution in [2.24, 2.45) is 0 Å². The predicted molar refractivity (Wildman–Crippen MR) is 74.4 cm³/mol. The number of aryl methyl sites for hydroxylation is 1. The molecule has 1 fully saturated rings. The van der Waals surface area contributed by atoms with Crippen molar-refractivity contribution >= 4 is 15.7 Å². The van der Waals surface area contributed by atoms with Crippen LogP contribution in [0.5, 0.6) is 0 Å². The van der Waals surface area contributed by atoms with Crippen LogP contribution in [0, 0.1) is 6.92 Å². The zero-order valence-electron chi connectivity index (χ0n) is 11.3. The van der Waals surface area contributed by atoms with E-state index in [-0.39, 0.29) is 10.6 Å². The van der Waals surface area contributed by atoms with Gasteiger partial charge in [0, 0.05) is 18.8 Å². The van der Waals surface area contributed by atoms with Crippen molar-refractivity contribution in [1.82, 2.24) is 4.72 Å². The molecule has 6 heteroatoms. The number of benzene rings is 1. The molecule has 1 saturated heterocycles. The first-order valence-corrected chi connectivity index (χ1v) is 7.79. The summed E-state index contributed by atoms with van der Waals surface area (Å²) >= 11 is 0. The van der Waals surface area contributed by atoms with Gasteiger partial charge in [0.1, 0.15) is 4.90 Å². The van der Waals surface area contributed by atoms with Gasteiger partial charge >= 0.3 is 0 Å². The molecule has 1 aromatic carbocycles. The van der Waals surface area contributed by atoms with Gasteiger partial charge in [0.2, 0.25) is 10.0 Å². The third kappa shape index (κ3) is 3.26. The Morgan fingerprint density at radius 3 is 2.53 bits per heavy atom. The van der Waals surface area contributed by atoms with E-state index in [9.17, 15) is 8.42 Å². The number of anilines is 1. The Labute approximate surface area is 114 Å². The summed E-state index contributed by atoms with van der Waals surface area (Å²) in [6.45, 7) is 4.92. The summed E-state index contributed by atoms with van der Waals surface area (Å²) in [5.41, 5.74) is 6.57. The predicted octanol–water partition coefficient (Wildman–Crippen LogP) is 1.42. The van der Waals surface area contributed by atoms with E-state index in [1.54, 1.807) is 18.2 Å². The molecule has 0 bridgehead atoms. The van der Waals surface area contributed by atoms with E-state index in [0.717, 1.165) is 5.56 Å². The maximum atomic E-state index is 12.4. The fourth-order valence-corrected chi connectivity index (χ4v) is 3.80. The van der Waals surface area contributed by atoms with Crippen LogP contribution in [0.4, 0.5) is 5.69 Å². The lowest BCUT2D eigenvalue weighted by molar-refractivity contribution is 0.0537. The molecule has 0 radical (unpaired) electrons. The number of hydrogen-bond acceptors (Lipinski definition) is 4. The highest BCUT2D eigenvalue weighted by Gasteiger charge is 2.33. The van der Waals surface area contributed by atoms with Crippen molar-refractivity contribution < 1.29 is 13.2 Å². The number of sulfonamides is 1. The first kappa shape index (κ1) is 14.3. The van der Waals surface area contributed by atoms with E-state index in [1.165, 1.54) is 0 Å². The zero-order chi connectivity index (χ0) is 14.1. The van der Waals surface area contributed by atoms with E-state index >= 15 is 0 Å². The molecule has 19 heavy (non-hydrogen) atoms. The van der Waals surface area contributed by atoms with E-state index in [2.05, 4.69) is 4.72 Å². The second-order valence-corrected chi connectivity index (χ2v) is 6.97. The van der Waals surface area contributed by atoms with Gasteiger partial charge in [-0.3, -0.25) is 0 Å². The molecular weight excluding hydrogens is 264 g/mol. The molecule has 0 atom stereocenters. The van der Waals surface area contributed by atoms with Gasteiger partial charge in [-0.05, 0) is 44.4 Å². The van der Waals surface area contributed by atoms with E-state index in [4.69, 9.17) is 10.5 Å². The molecule has 1 aliphatic heterocycles. The summed E-state index contributed by atoms with van der Waals surface area (Å²) in [5, 5.41) is 0. The van der Waals surface area contributed by atoms with Gasteiger partial charge in [-0.25, -0.2) is 13.1 Å². The average Bonchev–Trinajstić information content (AvgIpc) is 2.27. The van der Waals surface area contributed by atoms with Crippen LogP contribution < -0.4 is 10.5 Å². The molecule has 5 nitrogen and oxygen atoms in total. The minimum atomic E-state index is -3.60. The Morgan fingerprint density at radius 2 is 1.95 bits per heavy atom.